The van der Waals surface area contributed by atoms with Gasteiger partial charge in [0.1, 0.15) is 0 Å². The molecule has 0 aromatic carbocycles. The normalized spacial score (nSPS) is 12.3. The quantitative estimate of drug-likeness (QED) is 0.482. The summed E-state index contributed by atoms with van der Waals surface area (Å²) in [7, 11) is 1.73. The van der Waals surface area contributed by atoms with E-state index in [0.29, 0.717) is 5.92 Å². The van der Waals surface area contributed by atoms with Crippen molar-refractivity contribution in [2.24, 2.45) is 0 Å². The summed E-state index contributed by atoms with van der Waals surface area (Å²) in [6.45, 7) is 4.53. The number of hydrogen-bond donors (Lipinski definition) is 0. The summed E-state index contributed by atoms with van der Waals surface area (Å²) >= 11 is 0. The van der Waals surface area contributed by atoms with E-state index in [0.717, 1.165) is 5.88 Å². The van der Waals surface area contributed by atoms with Crippen molar-refractivity contribution in [1.82, 2.24) is 4.98 Å². The lowest BCUT2D eigenvalue weighted by Gasteiger charge is -2.19. The average Bonchev–Trinajstić information content (AvgIpc) is 2.50. The number of rotatable bonds is 11. The fraction of sp³-hybridized carbons (Fsp3) is 0.722. The maximum absolute atomic E-state index is 5.45. The zero-order chi connectivity index (χ0) is 14.6. The van der Waals surface area contributed by atoms with E-state index in [1.807, 2.05) is 12.3 Å². The Morgan fingerprint density at radius 3 is 2.30 bits per heavy atom. The van der Waals surface area contributed by atoms with Crippen molar-refractivity contribution < 1.29 is 4.74 Å². The highest BCUT2D eigenvalue weighted by molar-refractivity contribution is 5.29. The zero-order valence-electron chi connectivity index (χ0n) is 13.5. The Balaban J connectivity index is 2.64. The maximum Gasteiger partial charge on any atom is 0.216 e. The summed E-state index contributed by atoms with van der Waals surface area (Å²) in [6.07, 6.45) is 13.6. The van der Waals surface area contributed by atoms with Crippen molar-refractivity contribution in [2.75, 3.05) is 7.11 Å². The van der Waals surface area contributed by atoms with Crippen LogP contribution >= 0.6 is 0 Å². The highest BCUT2D eigenvalue weighted by atomic mass is 16.5. The Hall–Kier alpha value is -1.05. The van der Waals surface area contributed by atoms with Gasteiger partial charge in [0.05, 0.1) is 7.11 Å². The van der Waals surface area contributed by atoms with Gasteiger partial charge in [0.25, 0.3) is 0 Å². The minimum Gasteiger partial charge on any atom is -0.481 e. The molecular weight excluding hydrogens is 246 g/mol. The minimum absolute atomic E-state index is 0.613. The van der Waals surface area contributed by atoms with Crippen LogP contribution in [-0.4, -0.2) is 12.1 Å². The van der Waals surface area contributed by atoms with Gasteiger partial charge in [-0.05, 0) is 24.8 Å². The summed E-state index contributed by atoms with van der Waals surface area (Å²) in [5.41, 5.74) is 1.31. The van der Waals surface area contributed by atoms with Gasteiger partial charge in [0, 0.05) is 11.8 Å². The number of methoxy groups -OCH3 is 1. The van der Waals surface area contributed by atoms with Crippen LogP contribution in [0.15, 0.2) is 18.3 Å². The molecule has 1 unspecified atom stereocenters. The molecule has 0 spiro atoms. The zero-order valence-corrected chi connectivity index (χ0v) is 13.5. The predicted octanol–water partition coefficient (Wildman–Crippen LogP) is 5.72. The van der Waals surface area contributed by atoms with Crippen molar-refractivity contribution in [3.63, 3.8) is 0 Å². The molecule has 0 N–H and O–H groups in total. The standard InChI is InChI=1S/C18H31NO/c1-4-6-8-10-13-16(12-9-7-5-2)17-14-11-15-19-18(17)20-3/h11,14-16H,4-10,12-13H2,1-3H3. The Bertz CT molecular complexity index is 351. The average molecular weight is 277 g/mol. The highest BCUT2D eigenvalue weighted by Gasteiger charge is 2.16. The van der Waals surface area contributed by atoms with Crippen LogP contribution in [0.2, 0.25) is 0 Å². The molecule has 0 radical (unpaired) electrons. The molecular formula is C18H31NO. The Kier molecular flexibility index (Phi) is 9.10. The molecule has 1 aromatic rings. The number of unbranched alkanes of at least 4 members (excludes halogenated alkanes) is 5. The van der Waals surface area contributed by atoms with Crippen molar-refractivity contribution in [2.45, 2.75) is 77.6 Å². The fourth-order valence-corrected chi connectivity index (χ4v) is 2.80. The molecule has 1 aromatic heterocycles. The molecule has 0 amide bonds. The van der Waals surface area contributed by atoms with E-state index in [1.165, 1.54) is 63.4 Å². The topological polar surface area (TPSA) is 22.1 Å². The van der Waals surface area contributed by atoms with Gasteiger partial charge in [-0.25, -0.2) is 4.98 Å². The SMILES string of the molecule is CCCCCCC(CCCCC)c1cccnc1OC. The third-order valence-electron chi connectivity index (χ3n) is 4.00. The molecule has 0 saturated carbocycles. The lowest BCUT2D eigenvalue weighted by atomic mass is 9.89. The highest BCUT2D eigenvalue weighted by Crippen LogP contribution is 2.33. The maximum atomic E-state index is 5.45. The molecule has 114 valence electrons. The number of ether oxygens (including phenoxy) is 1. The van der Waals surface area contributed by atoms with Crippen molar-refractivity contribution in [1.29, 1.82) is 0 Å². The smallest absolute Gasteiger partial charge is 0.216 e. The van der Waals surface area contributed by atoms with Gasteiger partial charge in [0.15, 0.2) is 0 Å². The van der Waals surface area contributed by atoms with E-state index < -0.39 is 0 Å². The van der Waals surface area contributed by atoms with Crippen LogP contribution < -0.4 is 4.74 Å². The minimum atomic E-state index is 0.613. The summed E-state index contributed by atoms with van der Waals surface area (Å²) in [5, 5.41) is 0. The summed E-state index contributed by atoms with van der Waals surface area (Å²) < 4.78 is 5.45. The van der Waals surface area contributed by atoms with Gasteiger partial charge >= 0.3 is 0 Å². The lowest BCUT2D eigenvalue weighted by molar-refractivity contribution is 0.381. The first-order valence-corrected chi connectivity index (χ1v) is 8.32. The van der Waals surface area contributed by atoms with Crippen LogP contribution in [-0.2, 0) is 0 Å². The van der Waals surface area contributed by atoms with Gasteiger partial charge in [-0.1, -0.05) is 64.9 Å². The van der Waals surface area contributed by atoms with Crippen molar-refractivity contribution >= 4 is 0 Å². The fourth-order valence-electron chi connectivity index (χ4n) is 2.80. The molecule has 20 heavy (non-hydrogen) atoms. The largest absolute Gasteiger partial charge is 0.481 e. The van der Waals surface area contributed by atoms with Crippen LogP contribution in [0.25, 0.3) is 0 Å². The van der Waals surface area contributed by atoms with Crippen molar-refractivity contribution in [3.8, 4) is 5.88 Å². The number of nitrogens with zero attached hydrogens (tertiary/aromatic N) is 1. The molecule has 1 heterocycles. The van der Waals surface area contributed by atoms with Gasteiger partial charge in [-0.2, -0.15) is 0 Å². The monoisotopic (exact) mass is 277 g/mol. The molecule has 0 fully saturated rings. The van der Waals surface area contributed by atoms with Gasteiger partial charge in [0.2, 0.25) is 5.88 Å². The van der Waals surface area contributed by atoms with Crippen LogP contribution in [0.4, 0.5) is 0 Å². The molecule has 0 aliphatic carbocycles. The van der Waals surface area contributed by atoms with E-state index in [1.54, 1.807) is 7.11 Å². The summed E-state index contributed by atoms with van der Waals surface area (Å²) in [6, 6.07) is 4.24. The Morgan fingerprint density at radius 1 is 1.00 bits per heavy atom. The molecule has 0 bridgehead atoms. The first-order valence-electron chi connectivity index (χ1n) is 8.32. The van der Waals surface area contributed by atoms with E-state index in [9.17, 15) is 0 Å². The van der Waals surface area contributed by atoms with Crippen LogP contribution in [0.5, 0.6) is 5.88 Å². The van der Waals surface area contributed by atoms with Crippen LogP contribution in [0, 0.1) is 0 Å². The second kappa shape index (κ2) is 10.7. The first-order chi connectivity index (χ1) is 9.83. The van der Waals surface area contributed by atoms with E-state index in [2.05, 4.69) is 24.9 Å². The van der Waals surface area contributed by atoms with Crippen LogP contribution in [0.1, 0.15) is 83.1 Å². The number of hydrogen-bond acceptors (Lipinski definition) is 2. The molecule has 0 saturated heterocycles. The van der Waals surface area contributed by atoms with E-state index >= 15 is 0 Å². The van der Waals surface area contributed by atoms with Crippen molar-refractivity contribution in [3.05, 3.63) is 23.9 Å². The van der Waals surface area contributed by atoms with Gasteiger partial charge in [-0.15, -0.1) is 0 Å². The Morgan fingerprint density at radius 2 is 1.65 bits per heavy atom. The van der Waals surface area contributed by atoms with Gasteiger partial charge in [-0.3, -0.25) is 0 Å². The first kappa shape index (κ1) is 17.0. The predicted molar refractivity (Wildman–Crippen MR) is 86.4 cm³/mol. The Labute approximate surface area is 125 Å². The second-order valence-corrected chi connectivity index (χ2v) is 5.64. The molecule has 2 nitrogen and oxygen atoms in total. The number of aromatic nitrogens is 1. The molecule has 1 rings (SSSR count). The summed E-state index contributed by atoms with van der Waals surface area (Å²) in [5.74, 6) is 1.44. The van der Waals surface area contributed by atoms with E-state index in [4.69, 9.17) is 4.74 Å². The third kappa shape index (κ3) is 5.94. The number of pyridine rings is 1. The molecule has 2 heteroatoms. The lowest BCUT2D eigenvalue weighted by Crippen LogP contribution is -2.03. The van der Waals surface area contributed by atoms with Crippen LogP contribution in [0.3, 0.4) is 0 Å². The van der Waals surface area contributed by atoms with E-state index in [-0.39, 0.29) is 0 Å². The summed E-state index contributed by atoms with van der Waals surface area (Å²) in [4.78, 5) is 4.37. The molecule has 1 atom stereocenters. The molecule has 0 aliphatic heterocycles. The second-order valence-electron chi connectivity index (χ2n) is 5.64. The third-order valence-corrected chi connectivity index (χ3v) is 4.00. The van der Waals surface area contributed by atoms with Gasteiger partial charge < -0.3 is 4.74 Å². The molecule has 0 aliphatic rings.